The lowest BCUT2D eigenvalue weighted by molar-refractivity contribution is 0.0466. The van der Waals surface area contributed by atoms with E-state index < -0.39 is 5.97 Å². The van der Waals surface area contributed by atoms with E-state index in [0.717, 1.165) is 16.3 Å². The first-order valence-corrected chi connectivity index (χ1v) is 8.91. The minimum absolute atomic E-state index is 0.159. The van der Waals surface area contributed by atoms with Gasteiger partial charge in [-0.1, -0.05) is 41.4 Å². The summed E-state index contributed by atoms with van der Waals surface area (Å²) in [5.41, 5.74) is 2.29. The maximum atomic E-state index is 12.1. The fourth-order valence-electron chi connectivity index (χ4n) is 2.10. The highest BCUT2D eigenvalue weighted by atomic mass is 35.5. The average Bonchev–Trinajstić information content (AvgIpc) is 3.08. The Bertz CT molecular complexity index is 861. The largest absolute Gasteiger partial charge is 0.486 e. The van der Waals surface area contributed by atoms with Gasteiger partial charge >= 0.3 is 5.97 Å². The molecule has 0 atom stereocenters. The molecule has 6 heteroatoms. The van der Waals surface area contributed by atoms with Crippen molar-refractivity contribution in [2.45, 2.75) is 20.1 Å². The van der Waals surface area contributed by atoms with Gasteiger partial charge in [0.15, 0.2) is 5.69 Å². The lowest BCUT2D eigenvalue weighted by Crippen LogP contribution is -2.06. The van der Waals surface area contributed by atoms with Gasteiger partial charge in [0.1, 0.15) is 24.0 Å². The molecule has 0 aliphatic rings. The molecule has 3 aromatic rings. The van der Waals surface area contributed by atoms with Gasteiger partial charge in [0.05, 0.1) is 0 Å². The van der Waals surface area contributed by atoms with Crippen LogP contribution in [-0.4, -0.2) is 11.0 Å². The molecule has 0 bridgehead atoms. The summed E-state index contributed by atoms with van der Waals surface area (Å²) < 4.78 is 10.9. The summed E-state index contributed by atoms with van der Waals surface area (Å²) in [5.74, 6) is 0.309. The van der Waals surface area contributed by atoms with E-state index in [9.17, 15) is 4.79 Å². The van der Waals surface area contributed by atoms with Crippen molar-refractivity contribution in [2.75, 3.05) is 0 Å². The fraction of sp³-hybridized carbons (Fsp3) is 0.158. The van der Waals surface area contributed by atoms with E-state index in [1.165, 1.54) is 16.9 Å². The summed E-state index contributed by atoms with van der Waals surface area (Å²) >= 11 is 7.28. The first kappa shape index (κ1) is 17.5. The lowest BCUT2D eigenvalue weighted by atomic mass is 10.2. The van der Waals surface area contributed by atoms with Crippen LogP contribution in [0.15, 0.2) is 53.9 Å². The van der Waals surface area contributed by atoms with Crippen molar-refractivity contribution in [1.82, 2.24) is 4.98 Å². The smallest absolute Gasteiger partial charge is 0.358 e. The number of rotatable bonds is 6. The van der Waals surface area contributed by atoms with Gasteiger partial charge < -0.3 is 9.47 Å². The van der Waals surface area contributed by atoms with Crippen LogP contribution >= 0.6 is 22.9 Å². The normalized spacial score (nSPS) is 10.5. The lowest BCUT2D eigenvalue weighted by Gasteiger charge is -2.04. The maximum Gasteiger partial charge on any atom is 0.358 e. The van der Waals surface area contributed by atoms with Crippen molar-refractivity contribution >= 4 is 28.9 Å². The topological polar surface area (TPSA) is 48.4 Å². The zero-order chi connectivity index (χ0) is 17.6. The summed E-state index contributed by atoms with van der Waals surface area (Å²) in [6, 6.07) is 15.0. The number of aromatic nitrogens is 1. The number of esters is 1. The molecule has 0 radical (unpaired) electrons. The van der Waals surface area contributed by atoms with Gasteiger partial charge in [-0.15, -0.1) is 11.3 Å². The summed E-state index contributed by atoms with van der Waals surface area (Å²) in [6.07, 6.45) is 0. The molecule has 0 aliphatic carbocycles. The van der Waals surface area contributed by atoms with Gasteiger partial charge in [0.2, 0.25) is 0 Å². The summed E-state index contributed by atoms with van der Waals surface area (Å²) in [6.45, 7) is 2.49. The van der Waals surface area contributed by atoms with Gasteiger partial charge in [0, 0.05) is 10.4 Å². The molecule has 0 saturated heterocycles. The third-order valence-corrected chi connectivity index (χ3v) is 4.46. The molecule has 0 amide bonds. The quantitative estimate of drug-likeness (QED) is 0.568. The van der Waals surface area contributed by atoms with Crippen LogP contribution in [0.2, 0.25) is 5.02 Å². The predicted octanol–water partition coefficient (Wildman–Crippen LogP) is 5.04. The van der Waals surface area contributed by atoms with Crippen LogP contribution in [0.5, 0.6) is 5.75 Å². The predicted molar refractivity (Wildman–Crippen MR) is 98.2 cm³/mol. The Morgan fingerprint density at radius 1 is 1.16 bits per heavy atom. The van der Waals surface area contributed by atoms with Crippen LogP contribution in [-0.2, 0) is 18.0 Å². The van der Waals surface area contributed by atoms with E-state index in [4.69, 9.17) is 21.1 Å². The van der Waals surface area contributed by atoms with Gasteiger partial charge in [-0.3, -0.25) is 0 Å². The van der Waals surface area contributed by atoms with E-state index in [1.54, 1.807) is 17.5 Å². The second-order valence-corrected chi connectivity index (χ2v) is 6.81. The SMILES string of the molecule is Cc1ccc(OCc2nc(C(=O)OCc3cccc(Cl)c3)cs2)cc1. The van der Waals surface area contributed by atoms with Crippen LogP contribution in [0.3, 0.4) is 0 Å². The van der Waals surface area contributed by atoms with Crippen LogP contribution in [0, 0.1) is 6.92 Å². The van der Waals surface area contributed by atoms with Gasteiger partial charge in [0.25, 0.3) is 0 Å². The molecule has 0 aliphatic heterocycles. The molecule has 0 saturated carbocycles. The Kier molecular flexibility index (Phi) is 5.68. The first-order chi connectivity index (χ1) is 12.1. The third kappa shape index (κ3) is 5.05. The monoisotopic (exact) mass is 373 g/mol. The molecule has 2 aromatic carbocycles. The Balaban J connectivity index is 1.53. The second-order valence-electron chi connectivity index (χ2n) is 5.43. The number of thiazole rings is 1. The molecule has 4 nitrogen and oxygen atoms in total. The first-order valence-electron chi connectivity index (χ1n) is 7.65. The molecule has 1 aromatic heterocycles. The van der Waals surface area contributed by atoms with Gasteiger partial charge in [-0.2, -0.15) is 0 Å². The number of carbonyl (C=O) groups excluding carboxylic acids is 1. The third-order valence-electron chi connectivity index (χ3n) is 3.40. The summed E-state index contributed by atoms with van der Waals surface area (Å²) in [7, 11) is 0. The minimum atomic E-state index is -0.460. The molecule has 25 heavy (non-hydrogen) atoms. The van der Waals surface area contributed by atoms with Crippen LogP contribution < -0.4 is 4.74 Å². The maximum absolute atomic E-state index is 12.1. The van der Waals surface area contributed by atoms with Crippen LogP contribution in [0.1, 0.15) is 26.6 Å². The molecule has 0 fully saturated rings. The van der Waals surface area contributed by atoms with E-state index in [0.29, 0.717) is 11.6 Å². The standard InChI is InChI=1S/C19H16ClNO3S/c1-13-5-7-16(8-6-13)23-11-18-21-17(12-25-18)19(22)24-10-14-3-2-4-15(20)9-14/h2-9,12H,10-11H2,1H3. The molecular weight excluding hydrogens is 358 g/mol. The zero-order valence-corrected chi connectivity index (χ0v) is 15.1. The molecule has 0 spiro atoms. The van der Waals surface area contributed by atoms with Gasteiger partial charge in [-0.05, 0) is 36.8 Å². The molecule has 0 unspecified atom stereocenters. The highest BCUT2D eigenvalue weighted by Gasteiger charge is 2.13. The molecular formula is C19H16ClNO3S. The van der Waals surface area contributed by atoms with Crippen LogP contribution in [0.4, 0.5) is 0 Å². The van der Waals surface area contributed by atoms with E-state index in [-0.39, 0.29) is 12.3 Å². The second kappa shape index (κ2) is 8.14. The minimum Gasteiger partial charge on any atom is -0.486 e. The van der Waals surface area contributed by atoms with Crippen molar-refractivity contribution in [3.05, 3.63) is 80.8 Å². The number of halogens is 1. The number of hydrogen-bond acceptors (Lipinski definition) is 5. The Morgan fingerprint density at radius 3 is 2.72 bits per heavy atom. The number of ether oxygens (including phenoxy) is 2. The Labute approximate surface area is 155 Å². The van der Waals surface area contributed by atoms with Crippen molar-refractivity contribution in [1.29, 1.82) is 0 Å². The Hall–Kier alpha value is -2.37. The highest BCUT2D eigenvalue weighted by molar-refractivity contribution is 7.09. The molecule has 3 rings (SSSR count). The summed E-state index contributed by atoms with van der Waals surface area (Å²) in [4.78, 5) is 16.3. The highest BCUT2D eigenvalue weighted by Crippen LogP contribution is 2.17. The Morgan fingerprint density at radius 2 is 1.96 bits per heavy atom. The number of carbonyl (C=O) groups is 1. The van der Waals surface area contributed by atoms with Crippen LogP contribution in [0.25, 0.3) is 0 Å². The fourth-order valence-corrected chi connectivity index (χ4v) is 2.99. The van der Waals surface area contributed by atoms with Crippen molar-refractivity contribution in [3.63, 3.8) is 0 Å². The number of hydrogen-bond donors (Lipinski definition) is 0. The zero-order valence-electron chi connectivity index (χ0n) is 13.6. The number of aryl methyl sites for hydroxylation is 1. The van der Waals surface area contributed by atoms with Gasteiger partial charge in [-0.25, -0.2) is 9.78 Å². The average molecular weight is 374 g/mol. The van der Waals surface area contributed by atoms with Crippen molar-refractivity contribution in [3.8, 4) is 5.75 Å². The van der Waals surface area contributed by atoms with E-state index in [1.807, 2.05) is 43.3 Å². The number of benzene rings is 2. The summed E-state index contributed by atoms with van der Waals surface area (Å²) in [5, 5.41) is 3.00. The molecule has 1 heterocycles. The number of nitrogens with zero attached hydrogens (tertiary/aromatic N) is 1. The van der Waals surface area contributed by atoms with Crippen molar-refractivity contribution in [2.24, 2.45) is 0 Å². The van der Waals surface area contributed by atoms with E-state index >= 15 is 0 Å². The molecule has 0 N–H and O–H groups in total. The molecule has 128 valence electrons. The van der Waals surface area contributed by atoms with E-state index in [2.05, 4.69) is 4.98 Å². The van der Waals surface area contributed by atoms with Crippen molar-refractivity contribution < 1.29 is 14.3 Å².